The van der Waals surface area contributed by atoms with Crippen LogP contribution in [-0.2, 0) is 14.8 Å². The molecular weight excluding hydrogens is 557 g/mol. The minimum atomic E-state index is -4.02. The number of carbonyl (C=O) groups is 1. The number of benzene rings is 3. The average molecular weight is 596 g/mol. The fourth-order valence-electron chi connectivity index (χ4n) is 6.04. The molecule has 0 bridgehead atoms. The molecule has 3 aromatic carbocycles. The van der Waals surface area contributed by atoms with Gasteiger partial charge < -0.3 is 19.3 Å². The van der Waals surface area contributed by atoms with Gasteiger partial charge >= 0.3 is 6.09 Å². The van der Waals surface area contributed by atoms with Crippen LogP contribution in [0.15, 0.2) is 83.8 Å². The summed E-state index contributed by atoms with van der Waals surface area (Å²) >= 11 is 0. The number of hydrogen-bond donors (Lipinski definition) is 0. The van der Waals surface area contributed by atoms with E-state index in [-0.39, 0.29) is 11.5 Å². The first-order chi connectivity index (χ1) is 20.3. The number of methoxy groups -OCH3 is 1. The number of para-hydroxylation sites is 1. The molecule has 10 heteroatoms. The number of likely N-dealkylation sites (tertiary alicyclic amines) is 1. The van der Waals surface area contributed by atoms with Gasteiger partial charge in [0.15, 0.2) is 0 Å². The maximum absolute atomic E-state index is 14.2. The topological polar surface area (TPSA) is 79.4 Å². The average Bonchev–Trinajstić information content (AvgIpc) is 3.03. The van der Waals surface area contributed by atoms with Gasteiger partial charge in [0.25, 0.3) is 0 Å². The highest BCUT2D eigenvalue weighted by molar-refractivity contribution is 7.89. The van der Waals surface area contributed by atoms with Crippen molar-refractivity contribution in [3.05, 3.63) is 90.2 Å². The van der Waals surface area contributed by atoms with Crippen LogP contribution in [0.2, 0.25) is 0 Å². The third kappa shape index (κ3) is 6.55. The Morgan fingerprint density at radius 1 is 0.952 bits per heavy atom. The summed E-state index contributed by atoms with van der Waals surface area (Å²) in [4.78, 5) is 17.2. The summed E-state index contributed by atoms with van der Waals surface area (Å²) in [6.07, 6.45) is 2.96. The number of ether oxygens (including phenoxy) is 2. The van der Waals surface area contributed by atoms with Crippen molar-refractivity contribution >= 4 is 21.8 Å². The van der Waals surface area contributed by atoms with E-state index in [9.17, 15) is 17.6 Å². The number of amides is 1. The summed E-state index contributed by atoms with van der Waals surface area (Å²) in [5.41, 5.74) is 1.72. The molecule has 0 N–H and O–H groups in total. The zero-order valence-electron chi connectivity index (χ0n) is 24.1. The van der Waals surface area contributed by atoms with Gasteiger partial charge in [0.1, 0.15) is 18.2 Å². The van der Waals surface area contributed by atoms with Gasteiger partial charge in [-0.2, -0.15) is 4.31 Å². The summed E-state index contributed by atoms with van der Waals surface area (Å²) in [7, 11) is -0.428. The molecule has 0 radical (unpaired) electrons. The Balaban J connectivity index is 1.30. The highest BCUT2D eigenvalue weighted by atomic mass is 32.2. The fourth-order valence-corrected chi connectivity index (χ4v) is 7.89. The van der Waals surface area contributed by atoms with E-state index in [0.29, 0.717) is 43.3 Å². The molecule has 0 spiro atoms. The van der Waals surface area contributed by atoms with E-state index < -0.39 is 34.0 Å². The first kappa shape index (κ1) is 29.8. The second kappa shape index (κ2) is 13.1. The normalized spacial score (nSPS) is 20.2. The van der Waals surface area contributed by atoms with E-state index in [1.807, 2.05) is 18.2 Å². The molecule has 2 aliphatic rings. The van der Waals surface area contributed by atoms with Gasteiger partial charge in [-0.05, 0) is 86.2 Å². The zero-order chi connectivity index (χ0) is 29.7. The molecular formula is C32H38FN3O5S. The number of anilines is 1. The van der Waals surface area contributed by atoms with Crippen molar-refractivity contribution in [1.29, 1.82) is 0 Å². The van der Waals surface area contributed by atoms with Crippen molar-refractivity contribution in [2.24, 2.45) is 0 Å². The lowest BCUT2D eigenvalue weighted by Crippen LogP contribution is -2.49. The Hall–Kier alpha value is -3.63. The lowest BCUT2D eigenvalue weighted by atomic mass is 9.93. The number of rotatable bonds is 8. The van der Waals surface area contributed by atoms with Crippen molar-refractivity contribution in [2.45, 2.75) is 55.1 Å². The monoisotopic (exact) mass is 595 g/mol. The molecule has 224 valence electrons. The third-order valence-electron chi connectivity index (χ3n) is 8.38. The highest BCUT2D eigenvalue weighted by Gasteiger charge is 2.41. The van der Waals surface area contributed by atoms with Crippen LogP contribution in [0.5, 0.6) is 5.75 Å². The van der Waals surface area contributed by atoms with E-state index in [0.717, 1.165) is 24.9 Å². The van der Waals surface area contributed by atoms with Crippen LogP contribution >= 0.6 is 0 Å². The molecule has 2 fully saturated rings. The molecule has 8 nitrogen and oxygen atoms in total. The third-order valence-corrected chi connectivity index (χ3v) is 10.4. The molecule has 42 heavy (non-hydrogen) atoms. The van der Waals surface area contributed by atoms with E-state index in [2.05, 4.69) is 24.1 Å². The van der Waals surface area contributed by atoms with Crippen molar-refractivity contribution in [3.63, 3.8) is 0 Å². The van der Waals surface area contributed by atoms with Gasteiger partial charge in [-0.1, -0.05) is 30.3 Å². The summed E-state index contributed by atoms with van der Waals surface area (Å²) in [6.45, 7) is 1.04. The maximum atomic E-state index is 14.2. The highest BCUT2D eigenvalue weighted by Crippen LogP contribution is 2.39. The van der Waals surface area contributed by atoms with Gasteiger partial charge in [-0.15, -0.1) is 0 Å². The molecule has 1 unspecified atom stereocenters. The Kier molecular flexibility index (Phi) is 9.33. The number of sulfonamides is 1. The first-order valence-electron chi connectivity index (χ1n) is 14.4. The molecule has 2 heterocycles. The van der Waals surface area contributed by atoms with Crippen molar-refractivity contribution in [3.8, 4) is 5.75 Å². The quantitative estimate of drug-likeness (QED) is 0.325. The Bertz CT molecular complexity index is 1450. The Morgan fingerprint density at radius 3 is 2.33 bits per heavy atom. The predicted molar refractivity (Wildman–Crippen MR) is 160 cm³/mol. The lowest BCUT2D eigenvalue weighted by Gasteiger charge is -2.41. The summed E-state index contributed by atoms with van der Waals surface area (Å²) in [5, 5.41) is 0. The number of carbonyl (C=O) groups excluding carboxylic acids is 1. The predicted octanol–water partition coefficient (Wildman–Crippen LogP) is 5.86. The van der Waals surface area contributed by atoms with E-state index in [1.165, 1.54) is 35.7 Å². The van der Waals surface area contributed by atoms with Crippen LogP contribution in [0.3, 0.4) is 0 Å². The Labute approximate surface area is 247 Å². The second-order valence-electron chi connectivity index (χ2n) is 10.9. The maximum Gasteiger partial charge on any atom is 0.409 e. The number of nitrogens with zero attached hydrogens (tertiary/aromatic N) is 3. The molecule has 0 saturated carbocycles. The van der Waals surface area contributed by atoms with E-state index in [1.54, 1.807) is 29.2 Å². The van der Waals surface area contributed by atoms with Gasteiger partial charge in [0.05, 0.1) is 24.1 Å². The van der Waals surface area contributed by atoms with E-state index in [4.69, 9.17) is 9.47 Å². The van der Waals surface area contributed by atoms with Gasteiger partial charge in [0.2, 0.25) is 10.0 Å². The summed E-state index contributed by atoms with van der Waals surface area (Å²) in [6, 6.07) is 21.6. The minimum Gasteiger partial charge on any atom is -0.497 e. The molecule has 1 amide bonds. The van der Waals surface area contributed by atoms with Crippen molar-refractivity contribution < 1.29 is 27.1 Å². The molecule has 0 aromatic heterocycles. The van der Waals surface area contributed by atoms with Gasteiger partial charge in [-0.3, -0.25) is 0 Å². The van der Waals surface area contributed by atoms with Crippen LogP contribution in [-0.4, -0.2) is 69.7 Å². The molecule has 0 aliphatic carbocycles. The van der Waals surface area contributed by atoms with Crippen molar-refractivity contribution in [1.82, 2.24) is 9.21 Å². The van der Waals surface area contributed by atoms with Crippen LogP contribution in [0, 0.1) is 5.82 Å². The van der Waals surface area contributed by atoms with Crippen LogP contribution in [0.4, 0.5) is 14.9 Å². The molecule has 2 saturated heterocycles. The standard InChI is InChI=1S/C32H38FN3O5S/c1-34(26-10-4-3-5-11-26)27-18-20-35(21-19-27)32(37)41-23-28-12-7-13-31(24-8-6-9-25(33)22-24)36(28)42(38,39)30-16-14-29(40-2)15-17-30/h3-6,8-11,14-17,22,27-28,31H,7,12-13,18-21,23H2,1-2H3/t28?,31-/m0/s1. The second-order valence-corrected chi connectivity index (χ2v) is 12.8. The fraction of sp³-hybridized carbons (Fsp3) is 0.406. The number of piperidine rings is 2. The summed E-state index contributed by atoms with van der Waals surface area (Å²) < 4.78 is 54.8. The lowest BCUT2D eigenvalue weighted by molar-refractivity contribution is 0.0569. The number of hydrogen-bond acceptors (Lipinski definition) is 6. The van der Waals surface area contributed by atoms with Crippen LogP contribution in [0.25, 0.3) is 0 Å². The zero-order valence-corrected chi connectivity index (χ0v) is 24.9. The molecule has 5 rings (SSSR count). The van der Waals surface area contributed by atoms with Gasteiger partial charge in [-0.25, -0.2) is 17.6 Å². The first-order valence-corrected chi connectivity index (χ1v) is 15.8. The molecule has 2 aliphatic heterocycles. The minimum absolute atomic E-state index is 0.0795. The van der Waals surface area contributed by atoms with Crippen LogP contribution < -0.4 is 9.64 Å². The molecule has 2 atom stereocenters. The Morgan fingerprint density at radius 2 is 1.67 bits per heavy atom. The number of halogens is 1. The van der Waals surface area contributed by atoms with Crippen molar-refractivity contribution in [2.75, 3.05) is 38.8 Å². The molecule has 3 aromatic rings. The van der Waals surface area contributed by atoms with E-state index >= 15 is 0 Å². The summed E-state index contributed by atoms with van der Waals surface area (Å²) in [5.74, 6) is 0.114. The largest absolute Gasteiger partial charge is 0.497 e. The smallest absolute Gasteiger partial charge is 0.409 e. The van der Waals surface area contributed by atoms with Gasteiger partial charge in [0, 0.05) is 31.9 Å². The van der Waals surface area contributed by atoms with Crippen LogP contribution in [0.1, 0.15) is 43.7 Å². The SMILES string of the molecule is COc1ccc(S(=O)(=O)N2C(COC(=O)N3CCC(N(C)c4ccccc4)CC3)CCC[C@H]2c2cccc(F)c2)cc1.